The minimum absolute atomic E-state index is 0.0643. The highest BCUT2D eigenvalue weighted by Crippen LogP contribution is 2.33. The van der Waals surface area contributed by atoms with E-state index in [1.165, 1.54) is 16.8 Å². The standard InChI is InChI=1S/C19H13FN6S/c20-14-6-5-11(9-15(14)21)23-19-24-17-7-8-22-26(17)18(25-19)13-10-27-16-4-2-1-3-12(13)16/h1-10H,21H2,(H,23,24). The molecule has 3 heterocycles. The maximum Gasteiger partial charge on any atom is 0.231 e. The first-order valence-corrected chi connectivity index (χ1v) is 9.07. The number of thiophene rings is 1. The molecule has 0 spiro atoms. The van der Waals surface area contributed by atoms with E-state index < -0.39 is 5.82 Å². The first-order valence-electron chi connectivity index (χ1n) is 8.19. The molecule has 5 aromatic rings. The van der Waals surface area contributed by atoms with Crippen molar-refractivity contribution in [3.05, 3.63) is 65.9 Å². The maximum absolute atomic E-state index is 13.4. The quantitative estimate of drug-likeness (QED) is 0.454. The van der Waals surface area contributed by atoms with Gasteiger partial charge in [0.2, 0.25) is 5.95 Å². The minimum Gasteiger partial charge on any atom is -0.396 e. The van der Waals surface area contributed by atoms with Gasteiger partial charge >= 0.3 is 0 Å². The van der Waals surface area contributed by atoms with Crippen LogP contribution in [0.15, 0.2) is 60.1 Å². The summed E-state index contributed by atoms with van der Waals surface area (Å²) in [4.78, 5) is 9.14. The third kappa shape index (κ3) is 2.67. The van der Waals surface area contributed by atoms with E-state index in [-0.39, 0.29) is 5.69 Å². The van der Waals surface area contributed by atoms with E-state index >= 15 is 0 Å². The summed E-state index contributed by atoms with van der Waals surface area (Å²) in [6, 6.07) is 14.4. The summed E-state index contributed by atoms with van der Waals surface area (Å²) < 4.78 is 16.3. The van der Waals surface area contributed by atoms with Gasteiger partial charge in [0.25, 0.3) is 0 Å². The number of hydrogen-bond donors (Lipinski definition) is 2. The number of fused-ring (bicyclic) bond motifs is 2. The second-order valence-electron chi connectivity index (χ2n) is 5.98. The second kappa shape index (κ2) is 6.03. The van der Waals surface area contributed by atoms with Crippen LogP contribution < -0.4 is 11.1 Å². The van der Waals surface area contributed by atoms with Crippen molar-refractivity contribution in [1.82, 2.24) is 19.6 Å². The lowest BCUT2D eigenvalue weighted by Crippen LogP contribution is -2.05. The van der Waals surface area contributed by atoms with E-state index in [9.17, 15) is 4.39 Å². The zero-order valence-corrected chi connectivity index (χ0v) is 14.7. The Morgan fingerprint density at radius 1 is 1.07 bits per heavy atom. The molecule has 0 bridgehead atoms. The molecule has 0 saturated heterocycles. The molecule has 2 aromatic carbocycles. The van der Waals surface area contributed by atoms with Gasteiger partial charge in [0.05, 0.1) is 11.9 Å². The molecule has 0 saturated carbocycles. The molecule has 0 aliphatic carbocycles. The van der Waals surface area contributed by atoms with Gasteiger partial charge in [-0.2, -0.15) is 19.6 Å². The molecular formula is C19H13FN6S. The summed E-state index contributed by atoms with van der Waals surface area (Å²) in [5.41, 5.74) is 7.96. The first-order chi connectivity index (χ1) is 13.2. The molecule has 132 valence electrons. The molecule has 0 unspecified atom stereocenters. The SMILES string of the molecule is Nc1cc(Nc2nc(-c3csc4ccccc34)n3nccc3n2)ccc1F. The molecule has 0 aliphatic rings. The van der Waals surface area contributed by atoms with E-state index in [1.54, 1.807) is 28.1 Å². The Kier molecular flexibility index (Phi) is 3.51. The Morgan fingerprint density at radius 3 is 2.85 bits per heavy atom. The molecule has 3 N–H and O–H groups in total. The predicted octanol–water partition coefficient (Wildman–Crippen LogP) is 4.47. The summed E-state index contributed by atoms with van der Waals surface area (Å²) in [5, 5.41) is 10.6. The van der Waals surface area contributed by atoms with Gasteiger partial charge in [-0.25, -0.2) is 4.39 Å². The van der Waals surface area contributed by atoms with Gasteiger partial charge in [0, 0.05) is 32.8 Å². The summed E-state index contributed by atoms with van der Waals surface area (Å²) in [6.45, 7) is 0. The van der Waals surface area contributed by atoms with Crippen molar-refractivity contribution in [3.63, 3.8) is 0 Å². The van der Waals surface area contributed by atoms with Crippen LogP contribution in [-0.2, 0) is 0 Å². The van der Waals surface area contributed by atoms with Crippen LogP contribution in [0.3, 0.4) is 0 Å². The zero-order valence-electron chi connectivity index (χ0n) is 13.9. The lowest BCUT2D eigenvalue weighted by Gasteiger charge is -2.09. The Morgan fingerprint density at radius 2 is 1.96 bits per heavy atom. The summed E-state index contributed by atoms with van der Waals surface area (Å²) >= 11 is 1.65. The molecule has 5 rings (SSSR count). The topological polar surface area (TPSA) is 81.1 Å². The van der Waals surface area contributed by atoms with E-state index in [4.69, 9.17) is 5.73 Å². The fraction of sp³-hybridized carbons (Fsp3) is 0. The summed E-state index contributed by atoms with van der Waals surface area (Å²) in [5.74, 6) is 0.609. The molecule has 27 heavy (non-hydrogen) atoms. The number of nitrogens with zero attached hydrogens (tertiary/aromatic N) is 4. The summed E-state index contributed by atoms with van der Waals surface area (Å²) in [6.07, 6.45) is 1.68. The van der Waals surface area contributed by atoms with Gasteiger partial charge in [-0.1, -0.05) is 18.2 Å². The largest absolute Gasteiger partial charge is 0.396 e. The van der Waals surface area contributed by atoms with E-state index in [2.05, 4.69) is 37.9 Å². The van der Waals surface area contributed by atoms with Crippen LogP contribution in [0.4, 0.5) is 21.7 Å². The van der Waals surface area contributed by atoms with Crippen LogP contribution in [0.25, 0.3) is 27.1 Å². The molecule has 0 fully saturated rings. The first kappa shape index (κ1) is 15.7. The van der Waals surface area contributed by atoms with Crippen molar-refractivity contribution < 1.29 is 4.39 Å². The molecule has 3 aromatic heterocycles. The van der Waals surface area contributed by atoms with Crippen molar-refractivity contribution in [2.75, 3.05) is 11.1 Å². The monoisotopic (exact) mass is 376 g/mol. The van der Waals surface area contributed by atoms with Crippen LogP contribution in [0.2, 0.25) is 0 Å². The van der Waals surface area contributed by atoms with Gasteiger partial charge in [-0.05, 0) is 24.3 Å². The molecular weight excluding hydrogens is 363 g/mol. The fourth-order valence-corrected chi connectivity index (χ4v) is 3.90. The predicted molar refractivity (Wildman–Crippen MR) is 106 cm³/mol. The second-order valence-corrected chi connectivity index (χ2v) is 6.89. The maximum atomic E-state index is 13.4. The summed E-state index contributed by atoms with van der Waals surface area (Å²) in [7, 11) is 0. The number of benzene rings is 2. The smallest absolute Gasteiger partial charge is 0.231 e. The van der Waals surface area contributed by atoms with Crippen molar-refractivity contribution in [1.29, 1.82) is 0 Å². The number of halogens is 1. The zero-order chi connectivity index (χ0) is 18.4. The Labute approximate surface area is 157 Å². The Balaban J connectivity index is 1.66. The highest BCUT2D eigenvalue weighted by Gasteiger charge is 2.15. The highest BCUT2D eigenvalue weighted by atomic mass is 32.1. The third-order valence-corrected chi connectivity index (χ3v) is 5.19. The third-order valence-electron chi connectivity index (χ3n) is 4.23. The van der Waals surface area contributed by atoms with Crippen LogP contribution >= 0.6 is 11.3 Å². The van der Waals surface area contributed by atoms with Gasteiger partial charge < -0.3 is 11.1 Å². The Bertz CT molecular complexity index is 1290. The van der Waals surface area contributed by atoms with Crippen molar-refractivity contribution >= 4 is 44.4 Å². The number of rotatable bonds is 3. The van der Waals surface area contributed by atoms with Crippen molar-refractivity contribution in [3.8, 4) is 11.4 Å². The number of hydrogen-bond acceptors (Lipinski definition) is 6. The van der Waals surface area contributed by atoms with Gasteiger partial charge in [-0.3, -0.25) is 0 Å². The van der Waals surface area contributed by atoms with Crippen LogP contribution in [0.5, 0.6) is 0 Å². The molecule has 0 aliphatic heterocycles. The van der Waals surface area contributed by atoms with Gasteiger partial charge in [0.15, 0.2) is 11.5 Å². The fourth-order valence-electron chi connectivity index (χ4n) is 2.96. The van der Waals surface area contributed by atoms with E-state index in [0.717, 1.165) is 10.9 Å². The molecule has 0 radical (unpaired) electrons. The van der Waals surface area contributed by atoms with Crippen LogP contribution in [0.1, 0.15) is 0 Å². The van der Waals surface area contributed by atoms with Crippen LogP contribution in [0, 0.1) is 5.82 Å². The van der Waals surface area contributed by atoms with E-state index in [1.807, 2.05) is 18.2 Å². The minimum atomic E-state index is -0.460. The lowest BCUT2D eigenvalue weighted by atomic mass is 10.1. The average Bonchev–Trinajstić information content (AvgIpc) is 3.31. The van der Waals surface area contributed by atoms with Crippen LogP contribution in [-0.4, -0.2) is 19.6 Å². The number of nitrogens with two attached hydrogens (primary N) is 1. The molecule has 8 heteroatoms. The highest BCUT2D eigenvalue weighted by molar-refractivity contribution is 7.17. The van der Waals surface area contributed by atoms with Gasteiger partial charge in [-0.15, -0.1) is 11.3 Å². The number of anilines is 3. The van der Waals surface area contributed by atoms with Crippen molar-refractivity contribution in [2.45, 2.75) is 0 Å². The number of aromatic nitrogens is 4. The van der Waals surface area contributed by atoms with E-state index in [0.29, 0.717) is 23.1 Å². The molecule has 0 atom stereocenters. The van der Waals surface area contributed by atoms with Gasteiger partial charge in [0.1, 0.15) is 5.82 Å². The van der Waals surface area contributed by atoms with Crippen molar-refractivity contribution in [2.24, 2.45) is 0 Å². The molecule has 6 nitrogen and oxygen atoms in total. The molecule has 0 amide bonds. The average molecular weight is 376 g/mol. The number of nitrogen functional groups attached to an aromatic ring is 1. The lowest BCUT2D eigenvalue weighted by molar-refractivity contribution is 0.632. The normalized spacial score (nSPS) is 11.3. The number of nitrogens with one attached hydrogen (secondary N) is 1. The Hall–Kier alpha value is -3.52.